The lowest BCUT2D eigenvalue weighted by Crippen LogP contribution is -2.36. The molecule has 2 N–H and O–H groups in total. The number of carbonyl (C=O) groups excluding carboxylic acids is 1. The summed E-state index contributed by atoms with van der Waals surface area (Å²) in [6.07, 6.45) is 4.87. The molecule has 0 aromatic carbocycles. The SMILES string of the molecule is CCC(C)C(=O)N1CSCC1c1nc(C2(N)CCCC2)no1. The van der Waals surface area contributed by atoms with Gasteiger partial charge in [-0.1, -0.05) is 31.8 Å². The van der Waals surface area contributed by atoms with Crippen molar-refractivity contribution >= 4 is 17.7 Å². The van der Waals surface area contributed by atoms with E-state index in [9.17, 15) is 4.79 Å². The Morgan fingerprint density at radius 1 is 1.55 bits per heavy atom. The van der Waals surface area contributed by atoms with Gasteiger partial charge in [-0.15, -0.1) is 11.8 Å². The predicted molar refractivity (Wildman–Crippen MR) is 85.0 cm³/mol. The lowest BCUT2D eigenvalue weighted by molar-refractivity contribution is -0.136. The molecule has 1 aromatic rings. The van der Waals surface area contributed by atoms with E-state index in [2.05, 4.69) is 10.1 Å². The van der Waals surface area contributed by atoms with E-state index in [1.165, 1.54) is 0 Å². The Morgan fingerprint density at radius 2 is 2.27 bits per heavy atom. The Morgan fingerprint density at radius 3 is 2.95 bits per heavy atom. The van der Waals surface area contributed by atoms with Gasteiger partial charge >= 0.3 is 0 Å². The van der Waals surface area contributed by atoms with Crippen LogP contribution >= 0.6 is 11.8 Å². The summed E-state index contributed by atoms with van der Waals surface area (Å²) in [5.41, 5.74) is 5.94. The van der Waals surface area contributed by atoms with Crippen molar-refractivity contribution in [1.29, 1.82) is 0 Å². The molecule has 1 saturated heterocycles. The highest BCUT2D eigenvalue weighted by molar-refractivity contribution is 7.99. The van der Waals surface area contributed by atoms with E-state index < -0.39 is 5.54 Å². The molecule has 22 heavy (non-hydrogen) atoms. The summed E-state index contributed by atoms with van der Waals surface area (Å²) in [4.78, 5) is 18.9. The Bertz CT molecular complexity index is 541. The van der Waals surface area contributed by atoms with Crippen molar-refractivity contribution in [2.45, 2.75) is 57.5 Å². The minimum Gasteiger partial charge on any atom is -0.337 e. The highest BCUT2D eigenvalue weighted by Crippen LogP contribution is 2.37. The van der Waals surface area contributed by atoms with E-state index in [1.54, 1.807) is 11.8 Å². The largest absolute Gasteiger partial charge is 0.337 e. The minimum atomic E-state index is -0.445. The maximum Gasteiger partial charge on any atom is 0.250 e. The van der Waals surface area contributed by atoms with E-state index in [-0.39, 0.29) is 17.9 Å². The zero-order valence-electron chi connectivity index (χ0n) is 13.2. The lowest BCUT2D eigenvalue weighted by atomic mass is 9.99. The number of nitrogens with zero attached hydrogens (tertiary/aromatic N) is 3. The van der Waals surface area contributed by atoms with E-state index >= 15 is 0 Å². The van der Waals surface area contributed by atoms with Gasteiger partial charge in [-0.05, 0) is 19.3 Å². The highest BCUT2D eigenvalue weighted by atomic mass is 32.2. The predicted octanol–water partition coefficient (Wildman–Crippen LogP) is 2.42. The quantitative estimate of drug-likeness (QED) is 0.915. The topological polar surface area (TPSA) is 85.2 Å². The molecule has 0 radical (unpaired) electrons. The molecule has 2 atom stereocenters. The second-order valence-corrected chi connectivity index (χ2v) is 7.45. The molecule has 0 spiro atoms. The van der Waals surface area contributed by atoms with Crippen LogP contribution in [0, 0.1) is 5.92 Å². The van der Waals surface area contributed by atoms with Crippen molar-refractivity contribution in [1.82, 2.24) is 15.0 Å². The zero-order chi connectivity index (χ0) is 15.7. The van der Waals surface area contributed by atoms with E-state index in [0.717, 1.165) is 37.9 Å². The van der Waals surface area contributed by atoms with Gasteiger partial charge in [0.25, 0.3) is 0 Å². The average molecular weight is 324 g/mol. The Balaban J connectivity index is 1.79. The second-order valence-electron chi connectivity index (χ2n) is 6.45. The third kappa shape index (κ3) is 2.76. The van der Waals surface area contributed by atoms with Gasteiger partial charge in [0.15, 0.2) is 5.82 Å². The molecule has 122 valence electrons. The van der Waals surface area contributed by atoms with Gasteiger partial charge in [0, 0.05) is 11.7 Å². The van der Waals surface area contributed by atoms with Gasteiger partial charge in [0.2, 0.25) is 11.8 Å². The fraction of sp³-hybridized carbons (Fsp3) is 0.800. The van der Waals surface area contributed by atoms with Crippen LogP contribution in [0.1, 0.15) is 63.7 Å². The third-order valence-corrected chi connectivity index (χ3v) is 5.88. The monoisotopic (exact) mass is 324 g/mol. The molecule has 1 amide bonds. The summed E-state index contributed by atoms with van der Waals surface area (Å²) in [5.74, 6) is 2.84. The van der Waals surface area contributed by atoms with Gasteiger partial charge in [0.1, 0.15) is 6.04 Å². The van der Waals surface area contributed by atoms with Crippen LogP contribution in [0.15, 0.2) is 4.52 Å². The third-order valence-electron chi connectivity index (χ3n) is 4.87. The molecule has 3 rings (SSSR count). The van der Waals surface area contributed by atoms with Crippen molar-refractivity contribution < 1.29 is 9.32 Å². The molecule has 0 bridgehead atoms. The number of amides is 1. The fourth-order valence-corrected chi connectivity index (χ4v) is 4.28. The van der Waals surface area contributed by atoms with Crippen LogP contribution in [-0.2, 0) is 10.3 Å². The number of thioether (sulfide) groups is 1. The van der Waals surface area contributed by atoms with Crippen LogP contribution in [0.25, 0.3) is 0 Å². The van der Waals surface area contributed by atoms with Gasteiger partial charge in [-0.25, -0.2) is 0 Å². The van der Waals surface area contributed by atoms with Crippen molar-refractivity contribution in [2.75, 3.05) is 11.6 Å². The minimum absolute atomic E-state index is 0.0271. The molecule has 2 aliphatic rings. The molecule has 2 heterocycles. The summed E-state index contributed by atoms with van der Waals surface area (Å²) >= 11 is 1.73. The van der Waals surface area contributed by atoms with Gasteiger partial charge < -0.3 is 15.2 Å². The molecule has 2 unspecified atom stereocenters. The van der Waals surface area contributed by atoms with Gasteiger partial charge in [0.05, 0.1) is 11.4 Å². The summed E-state index contributed by atoms with van der Waals surface area (Å²) in [6, 6.07) is -0.113. The first-order valence-corrected chi connectivity index (χ1v) is 9.22. The molecule has 1 aliphatic heterocycles. The van der Waals surface area contributed by atoms with Crippen molar-refractivity contribution in [3.63, 3.8) is 0 Å². The number of nitrogens with two attached hydrogens (primary N) is 1. The lowest BCUT2D eigenvalue weighted by Gasteiger charge is -2.24. The van der Waals surface area contributed by atoms with Crippen LogP contribution in [0.4, 0.5) is 0 Å². The van der Waals surface area contributed by atoms with E-state index in [4.69, 9.17) is 10.3 Å². The molecule has 6 nitrogen and oxygen atoms in total. The van der Waals surface area contributed by atoms with Crippen molar-refractivity contribution in [3.05, 3.63) is 11.7 Å². The van der Waals surface area contributed by atoms with Gasteiger partial charge in [-0.3, -0.25) is 4.79 Å². The van der Waals surface area contributed by atoms with Crippen molar-refractivity contribution in [2.24, 2.45) is 11.7 Å². The van der Waals surface area contributed by atoms with Crippen LogP contribution in [-0.4, -0.2) is 32.6 Å². The fourth-order valence-electron chi connectivity index (χ4n) is 3.12. The number of hydrogen-bond acceptors (Lipinski definition) is 6. The Kier molecular flexibility index (Phi) is 4.45. The summed E-state index contributed by atoms with van der Waals surface area (Å²) in [5, 5.41) is 4.11. The number of aromatic nitrogens is 2. The van der Waals surface area contributed by atoms with Crippen LogP contribution in [0.3, 0.4) is 0 Å². The van der Waals surface area contributed by atoms with E-state index in [0.29, 0.717) is 17.6 Å². The molecule has 1 saturated carbocycles. The normalized spacial score (nSPS) is 25.6. The first-order chi connectivity index (χ1) is 10.5. The first-order valence-electron chi connectivity index (χ1n) is 8.06. The first kappa shape index (κ1) is 15.8. The summed E-state index contributed by atoms with van der Waals surface area (Å²) in [6.45, 7) is 4.00. The van der Waals surface area contributed by atoms with Crippen molar-refractivity contribution in [3.8, 4) is 0 Å². The maximum absolute atomic E-state index is 12.5. The average Bonchev–Trinajstić information content (AvgIpc) is 3.24. The summed E-state index contributed by atoms with van der Waals surface area (Å²) < 4.78 is 5.47. The van der Waals surface area contributed by atoms with Crippen LogP contribution in [0.5, 0.6) is 0 Å². The van der Waals surface area contributed by atoms with Gasteiger partial charge in [-0.2, -0.15) is 4.98 Å². The molecule has 7 heteroatoms. The molecule has 2 fully saturated rings. The Hall–Kier alpha value is -1.08. The number of carbonyl (C=O) groups is 1. The Labute approximate surface area is 135 Å². The molecular formula is C15H24N4O2S. The summed E-state index contributed by atoms with van der Waals surface area (Å²) in [7, 11) is 0. The molecule has 1 aliphatic carbocycles. The second kappa shape index (κ2) is 6.20. The highest BCUT2D eigenvalue weighted by Gasteiger charge is 2.40. The van der Waals surface area contributed by atoms with Crippen LogP contribution < -0.4 is 5.73 Å². The zero-order valence-corrected chi connectivity index (χ0v) is 14.1. The van der Waals surface area contributed by atoms with Crippen LogP contribution in [0.2, 0.25) is 0 Å². The number of hydrogen-bond donors (Lipinski definition) is 1. The standard InChI is InChI=1S/C15H24N4O2S/c1-3-10(2)13(20)19-9-22-8-11(19)12-17-14(18-21-12)15(16)6-4-5-7-15/h10-11H,3-9,16H2,1-2H3. The molecular weight excluding hydrogens is 300 g/mol. The smallest absolute Gasteiger partial charge is 0.250 e. The maximum atomic E-state index is 12.5. The number of rotatable bonds is 4. The van der Waals surface area contributed by atoms with E-state index in [1.807, 2.05) is 18.7 Å². The molecule has 1 aromatic heterocycles.